The Balaban J connectivity index is 1.72. The summed E-state index contributed by atoms with van der Waals surface area (Å²) < 4.78 is 10.7. The van der Waals surface area contributed by atoms with E-state index in [9.17, 15) is 4.79 Å². The number of nitrogens with zero attached hydrogens (tertiary/aromatic N) is 1. The molecule has 1 aliphatic rings. The maximum Gasteiger partial charge on any atom is 0.257 e. The van der Waals surface area contributed by atoms with Crippen molar-refractivity contribution < 1.29 is 13.9 Å². The molecule has 1 aliphatic heterocycles. The van der Waals surface area contributed by atoms with Gasteiger partial charge in [-0.2, -0.15) is 0 Å². The van der Waals surface area contributed by atoms with Gasteiger partial charge in [0, 0.05) is 26.1 Å². The first-order valence-corrected chi connectivity index (χ1v) is 8.07. The monoisotopic (exact) mass is 313 g/mol. The summed E-state index contributed by atoms with van der Waals surface area (Å²) in [5.74, 6) is 0.356. The van der Waals surface area contributed by atoms with Crippen LogP contribution in [0.5, 0.6) is 0 Å². The van der Waals surface area contributed by atoms with E-state index in [0.29, 0.717) is 11.5 Å². The van der Waals surface area contributed by atoms with Gasteiger partial charge in [-0.1, -0.05) is 29.8 Å². The van der Waals surface area contributed by atoms with Gasteiger partial charge >= 0.3 is 0 Å². The first-order valence-electron chi connectivity index (χ1n) is 8.07. The highest BCUT2D eigenvalue weighted by Gasteiger charge is 2.32. The van der Waals surface area contributed by atoms with E-state index < -0.39 is 0 Å². The minimum Gasteiger partial charge on any atom is -0.472 e. The van der Waals surface area contributed by atoms with Crippen molar-refractivity contribution in [2.24, 2.45) is 5.92 Å². The second-order valence-corrected chi connectivity index (χ2v) is 6.28. The summed E-state index contributed by atoms with van der Waals surface area (Å²) in [6.07, 6.45) is 5.05. The van der Waals surface area contributed by atoms with E-state index in [1.165, 1.54) is 17.4 Å². The number of furan rings is 1. The predicted molar refractivity (Wildman–Crippen MR) is 88.4 cm³/mol. The molecule has 1 saturated heterocycles. The molecule has 0 N–H and O–H groups in total. The van der Waals surface area contributed by atoms with Crippen molar-refractivity contribution in [3.8, 4) is 0 Å². The zero-order valence-electron chi connectivity index (χ0n) is 13.7. The van der Waals surface area contributed by atoms with Crippen LogP contribution in [0.3, 0.4) is 0 Å². The molecule has 0 spiro atoms. The van der Waals surface area contributed by atoms with Crippen molar-refractivity contribution in [2.45, 2.75) is 25.9 Å². The molecular weight excluding hydrogens is 290 g/mol. The molecule has 0 bridgehead atoms. The molecule has 23 heavy (non-hydrogen) atoms. The van der Waals surface area contributed by atoms with Crippen LogP contribution in [0.4, 0.5) is 0 Å². The van der Waals surface area contributed by atoms with Crippen molar-refractivity contribution in [1.29, 1.82) is 0 Å². The Morgan fingerprint density at radius 1 is 1.39 bits per heavy atom. The highest BCUT2D eigenvalue weighted by Crippen LogP contribution is 2.25. The van der Waals surface area contributed by atoms with Crippen molar-refractivity contribution >= 4 is 5.91 Å². The van der Waals surface area contributed by atoms with Gasteiger partial charge in [-0.05, 0) is 31.4 Å². The lowest BCUT2D eigenvalue weighted by Gasteiger charge is -2.38. The van der Waals surface area contributed by atoms with E-state index in [1.807, 2.05) is 4.90 Å². The molecule has 4 heteroatoms. The molecule has 0 aliphatic carbocycles. The second kappa shape index (κ2) is 7.01. The van der Waals surface area contributed by atoms with Gasteiger partial charge in [-0.3, -0.25) is 4.79 Å². The van der Waals surface area contributed by atoms with Gasteiger partial charge in [-0.25, -0.2) is 0 Å². The van der Waals surface area contributed by atoms with E-state index in [0.717, 1.165) is 25.9 Å². The number of ether oxygens (including phenoxy) is 1. The maximum absolute atomic E-state index is 12.5. The fraction of sp³-hybridized carbons (Fsp3) is 0.421. The summed E-state index contributed by atoms with van der Waals surface area (Å²) in [6.45, 7) is 3.55. The van der Waals surface area contributed by atoms with Crippen LogP contribution in [0, 0.1) is 12.8 Å². The highest BCUT2D eigenvalue weighted by atomic mass is 16.5. The molecular formula is C19H23NO3. The Labute approximate surface area is 137 Å². The number of piperidine rings is 1. The number of carbonyl (C=O) groups is 1. The molecule has 122 valence electrons. The maximum atomic E-state index is 12.5. The number of hydrogen-bond acceptors (Lipinski definition) is 3. The van der Waals surface area contributed by atoms with E-state index in [2.05, 4.69) is 31.2 Å². The third-order valence-corrected chi connectivity index (χ3v) is 4.60. The molecule has 1 amide bonds. The summed E-state index contributed by atoms with van der Waals surface area (Å²) in [5.41, 5.74) is 3.18. The smallest absolute Gasteiger partial charge is 0.257 e. The standard InChI is InChI=1S/C19H23NO3/c1-14-4-3-5-15(10-14)11-17-12-20(8-6-18(17)22-2)19(21)16-7-9-23-13-16/h3-5,7,9-10,13,17-18H,6,8,11-12H2,1-2H3/t17-,18+/m1/s1. The van der Waals surface area contributed by atoms with Crippen molar-refractivity contribution in [1.82, 2.24) is 4.90 Å². The SMILES string of the molecule is CO[C@H]1CCN(C(=O)c2ccoc2)C[C@H]1Cc1cccc(C)c1. The van der Waals surface area contributed by atoms with Gasteiger partial charge in [0.2, 0.25) is 0 Å². The molecule has 1 fully saturated rings. The fourth-order valence-corrected chi connectivity index (χ4v) is 3.41. The molecule has 0 saturated carbocycles. The Hall–Kier alpha value is -2.07. The lowest BCUT2D eigenvalue weighted by atomic mass is 9.88. The number of benzene rings is 1. The topological polar surface area (TPSA) is 42.7 Å². The van der Waals surface area contributed by atoms with Gasteiger partial charge in [0.15, 0.2) is 0 Å². The number of methoxy groups -OCH3 is 1. The Morgan fingerprint density at radius 3 is 2.96 bits per heavy atom. The number of aryl methyl sites for hydroxylation is 1. The van der Waals surface area contributed by atoms with E-state index in [4.69, 9.17) is 9.15 Å². The van der Waals surface area contributed by atoms with Crippen LogP contribution in [0.1, 0.15) is 27.9 Å². The van der Waals surface area contributed by atoms with Crippen LogP contribution in [0.25, 0.3) is 0 Å². The zero-order chi connectivity index (χ0) is 16.2. The second-order valence-electron chi connectivity index (χ2n) is 6.28. The highest BCUT2D eigenvalue weighted by molar-refractivity contribution is 5.93. The van der Waals surface area contributed by atoms with E-state index in [1.54, 1.807) is 19.4 Å². The van der Waals surface area contributed by atoms with Gasteiger partial charge in [0.1, 0.15) is 6.26 Å². The predicted octanol–water partition coefficient (Wildman–Crippen LogP) is 3.31. The third-order valence-electron chi connectivity index (χ3n) is 4.60. The third kappa shape index (κ3) is 3.64. The van der Waals surface area contributed by atoms with E-state index in [-0.39, 0.29) is 12.0 Å². The number of likely N-dealkylation sites (tertiary alicyclic amines) is 1. The van der Waals surface area contributed by atoms with Crippen LogP contribution >= 0.6 is 0 Å². The lowest BCUT2D eigenvalue weighted by molar-refractivity contribution is -0.00301. The van der Waals surface area contributed by atoms with Crippen LogP contribution in [0.2, 0.25) is 0 Å². The Kier molecular flexibility index (Phi) is 4.82. The number of hydrogen-bond donors (Lipinski definition) is 0. The summed E-state index contributed by atoms with van der Waals surface area (Å²) in [4.78, 5) is 14.5. The summed E-state index contributed by atoms with van der Waals surface area (Å²) in [5, 5.41) is 0. The van der Waals surface area contributed by atoms with E-state index >= 15 is 0 Å². The van der Waals surface area contributed by atoms with Crippen molar-refractivity contribution in [3.63, 3.8) is 0 Å². The summed E-state index contributed by atoms with van der Waals surface area (Å²) in [6, 6.07) is 10.3. The van der Waals surface area contributed by atoms with Crippen LogP contribution in [-0.2, 0) is 11.2 Å². The normalized spacial score (nSPS) is 21.4. The van der Waals surface area contributed by atoms with Gasteiger partial charge < -0.3 is 14.1 Å². The molecule has 2 aromatic rings. The minimum absolute atomic E-state index is 0.0440. The molecule has 1 aromatic heterocycles. The van der Waals surface area contributed by atoms with Crippen LogP contribution in [0.15, 0.2) is 47.3 Å². The minimum atomic E-state index is 0.0440. The first kappa shape index (κ1) is 15.8. The molecule has 2 atom stereocenters. The average molecular weight is 313 g/mol. The quantitative estimate of drug-likeness (QED) is 0.870. The van der Waals surface area contributed by atoms with Gasteiger partial charge in [0.25, 0.3) is 5.91 Å². The number of rotatable bonds is 4. The van der Waals surface area contributed by atoms with Crippen LogP contribution in [-0.4, -0.2) is 37.1 Å². The van der Waals surface area contributed by atoms with Crippen molar-refractivity contribution in [3.05, 3.63) is 59.5 Å². The Bertz CT molecular complexity index is 650. The molecule has 3 rings (SSSR count). The average Bonchev–Trinajstić information content (AvgIpc) is 3.08. The summed E-state index contributed by atoms with van der Waals surface area (Å²) in [7, 11) is 1.77. The summed E-state index contributed by atoms with van der Waals surface area (Å²) >= 11 is 0. The zero-order valence-corrected chi connectivity index (χ0v) is 13.7. The fourth-order valence-electron chi connectivity index (χ4n) is 3.41. The van der Waals surface area contributed by atoms with Gasteiger partial charge in [-0.15, -0.1) is 0 Å². The lowest BCUT2D eigenvalue weighted by Crippen LogP contribution is -2.47. The largest absolute Gasteiger partial charge is 0.472 e. The molecule has 2 heterocycles. The van der Waals surface area contributed by atoms with Crippen molar-refractivity contribution in [2.75, 3.05) is 20.2 Å². The number of carbonyl (C=O) groups excluding carboxylic acids is 1. The Morgan fingerprint density at radius 2 is 2.26 bits per heavy atom. The van der Waals surface area contributed by atoms with Crippen LogP contribution < -0.4 is 0 Å². The van der Waals surface area contributed by atoms with Gasteiger partial charge in [0.05, 0.1) is 17.9 Å². The molecule has 0 unspecified atom stereocenters. The molecule has 0 radical (unpaired) electrons. The molecule has 4 nitrogen and oxygen atoms in total. The first-order chi connectivity index (χ1) is 11.2. The number of amides is 1. The molecule has 1 aromatic carbocycles.